The number of aryl methyl sites for hydroxylation is 2. The van der Waals surface area contributed by atoms with Crippen LogP contribution in [0.4, 0.5) is 0 Å². The van der Waals surface area contributed by atoms with Crippen molar-refractivity contribution in [2.75, 3.05) is 0 Å². The predicted molar refractivity (Wildman–Crippen MR) is 80.0 cm³/mol. The molecule has 0 saturated heterocycles. The third-order valence-electron chi connectivity index (χ3n) is 3.31. The van der Waals surface area contributed by atoms with E-state index in [1.54, 1.807) is 11.3 Å². The van der Waals surface area contributed by atoms with Gasteiger partial charge in [0, 0.05) is 4.88 Å². The van der Waals surface area contributed by atoms with Crippen molar-refractivity contribution >= 4 is 34.0 Å². The van der Waals surface area contributed by atoms with Gasteiger partial charge in [-0.05, 0) is 25.5 Å². The molecule has 0 aliphatic heterocycles. The lowest BCUT2D eigenvalue weighted by Crippen LogP contribution is -2.04. The molecule has 19 heavy (non-hydrogen) atoms. The Labute approximate surface area is 120 Å². The van der Waals surface area contributed by atoms with Gasteiger partial charge in [-0.1, -0.05) is 12.1 Å². The van der Waals surface area contributed by atoms with Crippen LogP contribution in [0.25, 0.3) is 11.0 Å². The number of fused-ring (bicyclic) bond motifs is 1. The lowest BCUT2D eigenvalue weighted by atomic mass is 10.2. The van der Waals surface area contributed by atoms with Crippen molar-refractivity contribution < 1.29 is 0 Å². The first-order chi connectivity index (χ1) is 9.20. The maximum atomic E-state index is 6.04. The molecule has 0 fully saturated rings. The summed E-state index contributed by atoms with van der Waals surface area (Å²) in [6, 6.07) is 6.18. The summed E-state index contributed by atoms with van der Waals surface area (Å²) in [6.45, 7) is 4.94. The van der Waals surface area contributed by atoms with E-state index in [0.717, 1.165) is 23.6 Å². The van der Waals surface area contributed by atoms with Crippen molar-refractivity contribution in [1.29, 1.82) is 0 Å². The van der Waals surface area contributed by atoms with Gasteiger partial charge in [0.15, 0.2) is 0 Å². The maximum Gasteiger partial charge on any atom is 0.125 e. The lowest BCUT2D eigenvalue weighted by Gasteiger charge is -2.08. The number of imidazole rings is 1. The van der Waals surface area contributed by atoms with Crippen molar-refractivity contribution in [2.24, 2.45) is 0 Å². The molecule has 0 N–H and O–H groups in total. The number of para-hydroxylation sites is 1. The molecule has 5 heteroatoms. The number of benzene rings is 1. The highest BCUT2D eigenvalue weighted by molar-refractivity contribution is 7.09. The first-order valence-corrected chi connectivity index (χ1v) is 7.51. The number of hydrogen-bond acceptors (Lipinski definition) is 3. The van der Waals surface area contributed by atoms with E-state index >= 15 is 0 Å². The van der Waals surface area contributed by atoms with Gasteiger partial charge in [-0.15, -0.1) is 22.9 Å². The zero-order valence-corrected chi connectivity index (χ0v) is 12.4. The van der Waals surface area contributed by atoms with Crippen LogP contribution in [0.5, 0.6) is 0 Å². The Hall–Kier alpha value is -1.39. The van der Waals surface area contributed by atoms with Gasteiger partial charge in [0.2, 0.25) is 0 Å². The molecule has 0 amide bonds. The summed E-state index contributed by atoms with van der Waals surface area (Å²) in [5.41, 5.74) is 6.38. The smallest absolute Gasteiger partial charge is 0.125 e. The first kappa shape index (κ1) is 12.6. The summed E-state index contributed by atoms with van der Waals surface area (Å²) in [4.78, 5) is 10.2. The summed E-state index contributed by atoms with van der Waals surface area (Å²) in [5, 5.41) is 0. The van der Waals surface area contributed by atoms with Crippen LogP contribution in [-0.4, -0.2) is 14.5 Å². The molecule has 2 heterocycles. The molecule has 0 aliphatic carbocycles. The lowest BCUT2D eigenvalue weighted by molar-refractivity contribution is 0.781. The maximum absolute atomic E-state index is 6.04. The summed E-state index contributed by atoms with van der Waals surface area (Å²) < 4.78 is 2.21. The molecular formula is C14H14ClN3S. The molecule has 0 aliphatic rings. The highest BCUT2D eigenvalue weighted by Gasteiger charge is 2.13. The molecule has 0 saturated carbocycles. The molecule has 0 spiro atoms. The average Bonchev–Trinajstić information content (AvgIpc) is 2.96. The Morgan fingerprint density at radius 2 is 2.16 bits per heavy atom. The Balaban J connectivity index is 2.18. The van der Waals surface area contributed by atoms with Gasteiger partial charge in [-0.25, -0.2) is 9.97 Å². The van der Waals surface area contributed by atoms with Crippen molar-refractivity contribution in [1.82, 2.24) is 14.5 Å². The van der Waals surface area contributed by atoms with Gasteiger partial charge in [0.05, 0.1) is 34.7 Å². The SMILES string of the molecule is Cc1ncsc1Cn1c(CCl)nc2cccc(C)c21. The second kappa shape index (κ2) is 4.94. The quantitative estimate of drug-likeness (QED) is 0.685. The van der Waals surface area contributed by atoms with Crippen LogP contribution >= 0.6 is 22.9 Å². The Bertz CT molecular complexity index is 729. The number of alkyl halides is 1. The van der Waals surface area contributed by atoms with E-state index < -0.39 is 0 Å². The second-order valence-corrected chi connectivity index (χ2v) is 5.76. The summed E-state index contributed by atoms with van der Waals surface area (Å²) in [5.74, 6) is 1.34. The van der Waals surface area contributed by atoms with Crippen LogP contribution < -0.4 is 0 Å². The van der Waals surface area contributed by atoms with E-state index in [1.807, 2.05) is 24.6 Å². The number of thiazole rings is 1. The summed E-state index contributed by atoms with van der Waals surface area (Å²) in [7, 11) is 0. The van der Waals surface area contributed by atoms with Crippen LogP contribution in [0.1, 0.15) is 22.0 Å². The zero-order chi connectivity index (χ0) is 13.4. The predicted octanol–water partition coefficient (Wildman–Crippen LogP) is 3.90. The fourth-order valence-corrected chi connectivity index (χ4v) is 3.28. The Morgan fingerprint density at radius 1 is 1.32 bits per heavy atom. The largest absolute Gasteiger partial charge is 0.321 e. The van der Waals surface area contributed by atoms with Crippen molar-refractivity contribution in [3.05, 3.63) is 45.7 Å². The third-order valence-corrected chi connectivity index (χ3v) is 4.47. The molecule has 98 valence electrons. The average molecular weight is 292 g/mol. The Morgan fingerprint density at radius 3 is 2.84 bits per heavy atom. The van der Waals surface area contributed by atoms with Gasteiger partial charge in [0.1, 0.15) is 5.82 Å². The topological polar surface area (TPSA) is 30.7 Å². The first-order valence-electron chi connectivity index (χ1n) is 6.10. The van der Waals surface area contributed by atoms with Crippen LogP contribution in [0, 0.1) is 13.8 Å². The standard InChI is InChI=1S/C14H14ClN3S/c1-9-4-3-5-11-14(9)18(13(6-15)17-11)7-12-10(2)16-8-19-12/h3-5,8H,6-7H2,1-2H3. The summed E-state index contributed by atoms with van der Waals surface area (Å²) in [6.07, 6.45) is 0. The van der Waals surface area contributed by atoms with Crippen molar-refractivity contribution in [3.63, 3.8) is 0 Å². The fourth-order valence-electron chi connectivity index (χ4n) is 2.31. The third kappa shape index (κ3) is 2.15. The Kier molecular flexibility index (Phi) is 3.29. The normalized spacial score (nSPS) is 11.3. The molecule has 0 atom stereocenters. The van der Waals surface area contributed by atoms with E-state index in [-0.39, 0.29) is 0 Å². The molecule has 0 radical (unpaired) electrons. The summed E-state index contributed by atoms with van der Waals surface area (Å²) >= 11 is 7.72. The molecule has 1 aromatic carbocycles. The van der Waals surface area contributed by atoms with Gasteiger partial charge in [-0.2, -0.15) is 0 Å². The monoisotopic (exact) mass is 291 g/mol. The number of nitrogens with zero attached hydrogens (tertiary/aromatic N) is 3. The minimum absolute atomic E-state index is 0.423. The number of aromatic nitrogens is 3. The van der Waals surface area contributed by atoms with Crippen LogP contribution in [-0.2, 0) is 12.4 Å². The molecule has 0 unspecified atom stereocenters. The molecule has 3 rings (SSSR count). The fraction of sp³-hybridized carbons (Fsp3) is 0.286. The van der Waals surface area contributed by atoms with Crippen LogP contribution in [0.15, 0.2) is 23.7 Å². The zero-order valence-electron chi connectivity index (χ0n) is 10.9. The highest BCUT2D eigenvalue weighted by Crippen LogP contribution is 2.24. The highest BCUT2D eigenvalue weighted by atomic mass is 35.5. The van der Waals surface area contributed by atoms with E-state index in [1.165, 1.54) is 16.0 Å². The minimum Gasteiger partial charge on any atom is -0.321 e. The number of rotatable bonds is 3. The number of hydrogen-bond donors (Lipinski definition) is 0. The van der Waals surface area contributed by atoms with E-state index in [2.05, 4.69) is 27.5 Å². The van der Waals surface area contributed by atoms with Gasteiger partial charge in [-0.3, -0.25) is 0 Å². The molecular weight excluding hydrogens is 278 g/mol. The molecule has 2 aromatic heterocycles. The molecule has 0 bridgehead atoms. The van der Waals surface area contributed by atoms with Gasteiger partial charge < -0.3 is 4.57 Å². The minimum atomic E-state index is 0.423. The van der Waals surface area contributed by atoms with Crippen molar-refractivity contribution in [2.45, 2.75) is 26.3 Å². The van der Waals surface area contributed by atoms with E-state index in [0.29, 0.717) is 5.88 Å². The van der Waals surface area contributed by atoms with Crippen molar-refractivity contribution in [3.8, 4) is 0 Å². The van der Waals surface area contributed by atoms with Gasteiger partial charge in [0.25, 0.3) is 0 Å². The van der Waals surface area contributed by atoms with Crippen LogP contribution in [0.3, 0.4) is 0 Å². The van der Waals surface area contributed by atoms with Gasteiger partial charge >= 0.3 is 0 Å². The van der Waals surface area contributed by atoms with E-state index in [9.17, 15) is 0 Å². The van der Waals surface area contributed by atoms with E-state index in [4.69, 9.17) is 11.6 Å². The molecule has 3 nitrogen and oxygen atoms in total. The second-order valence-electron chi connectivity index (χ2n) is 4.55. The van der Waals surface area contributed by atoms with Crippen LogP contribution in [0.2, 0.25) is 0 Å². The molecule has 3 aromatic rings. The number of halogens is 1.